The van der Waals surface area contributed by atoms with E-state index >= 15 is 0 Å². The summed E-state index contributed by atoms with van der Waals surface area (Å²) in [4.78, 5) is 0.273. The molecule has 1 aromatic carbocycles. The molecule has 1 aliphatic carbocycles. The van der Waals surface area contributed by atoms with E-state index in [-0.39, 0.29) is 17.0 Å². The molecule has 0 spiro atoms. The molecule has 128 valence electrons. The lowest BCUT2D eigenvalue weighted by Gasteiger charge is -2.42. The normalized spacial score (nSPS) is 25.9. The highest BCUT2D eigenvalue weighted by molar-refractivity contribution is 7.89. The molecule has 1 saturated heterocycles. The van der Waals surface area contributed by atoms with Crippen LogP contribution >= 0.6 is 0 Å². The Labute approximate surface area is 138 Å². The molecule has 5 nitrogen and oxygen atoms in total. The van der Waals surface area contributed by atoms with Gasteiger partial charge in [-0.05, 0) is 49.9 Å². The highest BCUT2D eigenvalue weighted by atomic mass is 32.2. The number of methoxy groups -OCH3 is 1. The zero-order valence-electron chi connectivity index (χ0n) is 14.0. The quantitative estimate of drug-likeness (QED) is 0.849. The van der Waals surface area contributed by atoms with Crippen molar-refractivity contribution in [2.75, 3.05) is 20.3 Å². The molecule has 0 aromatic heterocycles. The zero-order valence-corrected chi connectivity index (χ0v) is 14.9. The van der Waals surface area contributed by atoms with Crippen molar-refractivity contribution in [3.8, 4) is 5.75 Å². The summed E-state index contributed by atoms with van der Waals surface area (Å²) < 4.78 is 39.4. The number of benzene rings is 1. The first-order chi connectivity index (χ1) is 10.9. The van der Waals surface area contributed by atoms with Crippen LogP contribution in [0.1, 0.15) is 36.8 Å². The molecule has 2 aliphatic rings. The van der Waals surface area contributed by atoms with Crippen LogP contribution in [0.2, 0.25) is 0 Å². The van der Waals surface area contributed by atoms with E-state index in [1.165, 1.54) is 7.11 Å². The van der Waals surface area contributed by atoms with Gasteiger partial charge in [-0.25, -0.2) is 8.42 Å². The third-order valence-electron chi connectivity index (χ3n) is 5.05. The molecular weight excluding hydrogens is 314 g/mol. The summed E-state index contributed by atoms with van der Waals surface area (Å²) in [5.74, 6) is 0.423. The summed E-state index contributed by atoms with van der Waals surface area (Å²) in [6.07, 6.45) is 4.02. The predicted octanol–water partition coefficient (Wildman–Crippen LogP) is 2.64. The van der Waals surface area contributed by atoms with Gasteiger partial charge >= 0.3 is 0 Å². The van der Waals surface area contributed by atoms with Gasteiger partial charge in [-0.3, -0.25) is 0 Å². The molecule has 1 saturated carbocycles. The van der Waals surface area contributed by atoms with E-state index in [4.69, 9.17) is 9.47 Å². The van der Waals surface area contributed by atoms with Crippen LogP contribution in [-0.2, 0) is 14.8 Å². The van der Waals surface area contributed by atoms with Crippen LogP contribution in [0.4, 0.5) is 0 Å². The van der Waals surface area contributed by atoms with Crippen molar-refractivity contribution < 1.29 is 17.9 Å². The van der Waals surface area contributed by atoms with Gasteiger partial charge in [0.15, 0.2) is 0 Å². The molecule has 6 heteroatoms. The first-order valence-corrected chi connectivity index (χ1v) is 9.68. The van der Waals surface area contributed by atoms with Gasteiger partial charge in [0.05, 0.1) is 25.9 Å². The smallest absolute Gasteiger partial charge is 0.247 e. The molecule has 0 amide bonds. The second-order valence-corrected chi connectivity index (χ2v) is 8.32. The lowest BCUT2D eigenvalue weighted by Crippen LogP contribution is -2.54. The number of nitrogens with zero attached hydrogens (tertiary/aromatic N) is 1. The van der Waals surface area contributed by atoms with Crippen molar-refractivity contribution in [1.82, 2.24) is 4.31 Å². The molecule has 2 atom stereocenters. The maximum Gasteiger partial charge on any atom is 0.247 e. The maximum atomic E-state index is 13.3. The van der Waals surface area contributed by atoms with Crippen LogP contribution in [0.3, 0.4) is 0 Å². The predicted molar refractivity (Wildman–Crippen MR) is 88.4 cm³/mol. The van der Waals surface area contributed by atoms with Gasteiger partial charge in [-0.1, -0.05) is 12.8 Å². The number of hydrogen-bond acceptors (Lipinski definition) is 4. The summed E-state index contributed by atoms with van der Waals surface area (Å²) in [5.41, 5.74) is 1.98. The first kappa shape index (κ1) is 16.7. The Kier molecular flexibility index (Phi) is 4.67. The van der Waals surface area contributed by atoms with Crippen molar-refractivity contribution in [2.24, 2.45) is 0 Å². The number of fused-ring (bicyclic) bond motifs is 1. The second kappa shape index (κ2) is 6.42. The van der Waals surface area contributed by atoms with Crippen LogP contribution in [0.25, 0.3) is 0 Å². The maximum absolute atomic E-state index is 13.3. The van der Waals surface area contributed by atoms with Crippen molar-refractivity contribution in [2.45, 2.75) is 56.6 Å². The van der Waals surface area contributed by atoms with Gasteiger partial charge < -0.3 is 9.47 Å². The standard InChI is InChI=1S/C17H25NO4S/c1-12-10-16(21-3)17(11-13(12)2)23(19,20)18-8-9-22-15-7-5-4-6-14(15)18/h10-11,14-15H,4-9H2,1-3H3/t14-,15+/m1/s1. The zero-order chi connectivity index (χ0) is 16.6. The molecule has 0 unspecified atom stereocenters. The molecule has 1 aromatic rings. The van der Waals surface area contributed by atoms with E-state index in [0.29, 0.717) is 18.9 Å². The van der Waals surface area contributed by atoms with Crippen LogP contribution in [-0.4, -0.2) is 45.1 Å². The van der Waals surface area contributed by atoms with Gasteiger partial charge in [0.1, 0.15) is 10.6 Å². The third-order valence-corrected chi connectivity index (χ3v) is 6.99. The number of sulfonamides is 1. The Morgan fingerprint density at radius 1 is 1.17 bits per heavy atom. The Hall–Kier alpha value is -1.11. The van der Waals surface area contributed by atoms with E-state index in [2.05, 4.69) is 0 Å². The molecule has 3 rings (SSSR count). The van der Waals surface area contributed by atoms with Crippen LogP contribution in [0.5, 0.6) is 5.75 Å². The van der Waals surface area contributed by atoms with Crippen LogP contribution in [0, 0.1) is 13.8 Å². The largest absolute Gasteiger partial charge is 0.495 e. The minimum absolute atomic E-state index is 0.0322. The molecule has 2 fully saturated rings. The van der Waals surface area contributed by atoms with Crippen molar-refractivity contribution in [3.05, 3.63) is 23.3 Å². The summed E-state index contributed by atoms with van der Waals surface area (Å²) in [7, 11) is -2.07. The van der Waals surface area contributed by atoms with Gasteiger partial charge in [0, 0.05) is 6.54 Å². The average molecular weight is 339 g/mol. The Morgan fingerprint density at radius 2 is 1.87 bits per heavy atom. The highest BCUT2D eigenvalue weighted by Gasteiger charge is 2.41. The molecule has 1 heterocycles. The number of morpholine rings is 1. The fourth-order valence-electron chi connectivity index (χ4n) is 3.61. The van der Waals surface area contributed by atoms with Crippen LogP contribution < -0.4 is 4.74 Å². The molecule has 0 N–H and O–H groups in total. The van der Waals surface area contributed by atoms with Crippen LogP contribution in [0.15, 0.2) is 17.0 Å². The lowest BCUT2D eigenvalue weighted by atomic mass is 9.91. The van der Waals surface area contributed by atoms with E-state index in [0.717, 1.165) is 36.8 Å². The lowest BCUT2D eigenvalue weighted by molar-refractivity contribution is -0.0586. The summed E-state index contributed by atoms with van der Waals surface area (Å²) in [6.45, 7) is 4.77. The molecule has 23 heavy (non-hydrogen) atoms. The third kappa shape index (κ3) is 2.99. The second-order valence-electron chi connectivity index (χ2n) is 6.46. The number of rotatable bonds is 3. The van der Waals surface area contributed by atoms with Gasteiger partial charge in [0.2, 0.25) is 10.0 Å². The van der Waals surface area contributed by atoms with E-state index in [1.807, 2.05) is 13.8 Å². The summed E-state index contributed by atoms with van der Waals surface area (Å²) in [6, 6.07) is 3.49. The van der Waals surface area contributed by atoms with Crippen molar-refractivity contribution in [1.29, 1.82) is 0 Å². The first-order valence-electron chi connectivity index (χ1n) is 8.24. The number of ether oxygens (including phenoxy) is 2. The number of aryl methyl sites for hydroxylation is 2. The minimum atomic E-state index is -3.59. The fraction of sp³-hybridized carbons (Fsp3) is 0.647. The Balaban J connectivity index is 2.02. The van der Waals surface area contributed by atoms with E-state index in [1.54, 1.807) is 16.4 Å². The van der Waals surface area contributed by atoms with Crippen molar-refractivity contribution in [3.63, 3.8) is 0 Å². The topological polar surface area (TPSA) is 55.8 Å². The minimum Gasteiger partial charge on any atom is -0.495 e. The Bertz CT molecular complexity index is 684. The fourth-order valence-corrected chi connectivity index (χ4v) is 5.50. The summed E-state index contributed by atoms with van der Waals surface area (Å²) in [5, 5.41) is 0. The average Bonchev–Trinajstić information content (AvgIpc) is 2.56. The van der Waals surface area contributed by atoms with Crippen molar-refractivity contribution >= 4 is 10.0 Å². The molecule has 1 aliphatic heterocycles. The summed E-state index contributed by atoms with van der Waals surface area (Å²) >= 11 is 0. The molecule has 0 bridgehead atoms. The van der Waals surface area contributed by atoms with Gasteiger partial charge in [-0.15, -0.1) is 0 Å². The highest BCUT2D eigenvalue weighted by Crippen LogP contribution is 2.36. The van der Waals surface area contributed by atoms with Gasteiger partial charge in [0.25, 0.3) is 0 Å². The van der Waals surface area contributed by atoms with E-state index < -0.39 is 10.0 Å². The SMILES string of the molecule is COc1cc(C)c(C)cc1S(=O)(=O)N1CCO[C@H]2CCCC[C@H]21. The Morgan fingerprint density at radius 3 is 2.61 bits per heavy atom. The monoisotopic (exact) mass is 339 g/mol. The molecular formula is C17H25NO4S. The van der Waals surface area contributed by atoms with E-state index in [9.17, 15) is 8.42 Å². The number of hydrogen-bond donors (Lipinski definition) is 0. The van der Waals surface area contributed by atoms with Gasteiger partial charge in [-0.2, -0.15) is 4.31 Å². The molecule has 0 radical (unpaired) electrons.